The molecule has 1 saturated carbocycles. The Hall–Kier alpha value is -1.39. The molecule has 1 aliphatic heterocycles. The Labute approximate surface area is 132 Å². The molecule has 3 N–H and O–H groups in total. The second-order valence-electron chi connectivity index (χ2n) is 7.00. The van der Waals surface area contributed by atoms with Gasteiger partial charge < -0.3 is 15.7 Å². The first-order valence-electron chi connectivity index (χ1n) is 8.32. The summed E-state index contributed by atoms with van der Waals surface area (Å²) in [7, 11) is 0. The largest absolute Gasteiger partial charge is 0.391 e. The summed E-state index contributed by atoms with van der Waals surface area (Å²) in [6.07, 6.45) is 0.608. The van der Waals surface area contributed by atoms with E-state index < -0.39 is 0 Å². The molecule has 1 saturated heterocycles. The van der Waals surface area contributed by atoms with Gasteiger partial charge in [-0.25, -0.2) is 0 Å². The lowest BCUT2D eigenvalue weighted by molar-refractivity contribution is -0.122. The van der Waals surface area contributed by atoms with Crippen molar-refractivity contribution in [2.75, 3.05) is 19.6 Å². The molecule has 4 atom stereocenters. The molecule has 2 aliphatic rings. The molecule has 1 aromatic rings. The van der Waals surface area contributed by atoms with Crippen LogP contribution in [-0.2, 0) is 4.79 Å². The SMILES string of the molecule is CC(C)c1ccc(C2CC2C(=O)NCC2CNCC2O)cc1. The van der Waals surface area contributed by atoms with E-state index in [-0.39, 0.29) is 23.8 Å². The molecule has 1 aromatic carbocycles. The Kier molecular flexibility index (Phi) is 4.50. The number of β-amino-alcohol motifs (C(OH)–C–C–N with tert-alkyl or cyclic N) is 1. The first-order chi connectivity index (χ1) is 10.6. The van der Waals surface area contributed by atoms with Crippen LogP contribution in [0.5, 0.6) is 0 Å². The lowest BCUT2D eigenvalue weighted by Crippen LogP contribution is -2.35. The zero-order chi connectivity index (χ0) is 15.7. The monoisotopic (exact) mass is 302 g/mol. The minimum absolute atomic E-state index is 0.108. The van der Waals surface area contributed by atoms with Gasteiger partial charge in [-0.2, -0.15) is 0 Å². The fraction of sp³-hybridized carbons (Fsp3) is 0.611. The lowest BCUT2D eigenvalue weighted by atomic mass is 10.00. The number of amides is 1. The van der Waals surface area contributed by atoms with Crippen LogP contribution in [-0.4, -0.2) is 36.8 Å². The molecule has 0 spiro atoms. The van der Waals surface area contributed by atoms with Gasteiger partial charge in [-0.05, 0) is 29.4 Å². The van der Waals surface area contributed by atoms with Crippen molar-refractivity contribution in [2.24, 2.45) is 11.8 Å². The number of hydrogen-bond donors (Lipinski definition) is 3. The number of aliphatic hydroxyl groups excluding tert-OH is 1. The van der Waals surface area contributed by atoms with Crippen LogP contribution in [0.3, 0.4) is 0 Å². The second kappa shape index (κ2) is 6.39. The summed E-state index contributed by atoms with van der Waals surface area (Å²) in [4.78, 5) is 12.2. The van der Waals surface area contributed by atoms with Crippen LogP contribution < -0.4 is 10.6 Å². The Morgan fingerprint density at radius 3 is 2.64 bits per heavy atom. The van der Waals surface area contributed by atoms with Crippen LogP contribution in [0.15, 0.2) is 24.3 Å². The van der Waals surface area contributed by atoms with Crippen molar-refractivity contribution < 1.29 is 9.90 Å². The minimum Gasteiger partial charge on any atom is -0.391 e. The fourth-order valence-electron chi connectivity index (χ4n) is 3.27. The van der Waals surface area contributed by atoms with E-state index in [4.69, 9.17) is 0 Å². The standard InChI is InChI=1S/C18H26N2O2/c1-11(2)12-3-5-13(6-4-12)15-7-16(15)18(22)20-9-14-8-19-10-17(14)21/h3-6,11,14-17,19,21H,7-10H2,1-2H3,(H,20,22). The van der Waals surface area contributed by atoms with Crippen LogP contribution in [0.4, 0.5) is 0 Å². The van der Waals surface area contributed by atoms with E-state index in [0.717, 1.165) is 13.0 Å². The molecule has 4 heteroatoms. The third kappa shape index (κ3) is 3.33. The molecule has 1 heterocycles. The molecule has 2 fully saturated rings. The Bertz CT molecular complexity index is 526. The van der Waals surface area contributed by atoms with Crippen molar-refractivity contribution in [2.45, 2.75) is 38.2 Å². The highest BCUT2D eigenvalue weighted by atomic mass is 16.3. The minimum atomic E-state index is -0.334. The highest BCUT2D eigenvalue weighted by Crippen LogP contribution is 2.47. The number of benzene rings is 1. The Morgan fingerprint density at radius 2 is 2.05 bits per heavy atom. The topological polar surface area (TPSA) is 61.4 Å². The average molecular weight is 302 g/mol. The van der Waals surface area contributed by atoms with Gasteiger partial charge >= 0.3 is 0 Å². The van der Waals surface area contributed by atoms with Gasteiger partial charge in [0.2, 0.25) is 5.91 Å². The van der Waals surface area contributed by atoms with Crippen LogP contribution in [0, 0.1) is 11.8 Å². The quantitative estimate of drug-likeness (QED) is 0.774. The highest BCUT2D eigenvalue weighted by molar-refractivity contribution is 5.82. The van der Waals surface area contributed by atoms with Gasteiger partial charge in [-0.15, -0.1) is 0 Å². The van der Waals surface area contributed by atoms with Gasteiger partial charge in [0.05, 0.1) is 6.10 Å². The Balaban J connectivity index is 1.49. The van der Waals surface area contributed by atoms with Gasteiger partial charge in [-0.1, -0.05) is 38.1 Å². The second-order valence-corrected chi connectivity index (χ2v) is 7.00. The smallest absolute Gasteiger partial charge is 0.223 e. The molecule has 1 aliphatic carbocycles. The number of hydrogen-bond acceptors (Lipinski definition) is 3. The maximum absolute atomic E-state index is 12.2. The van der Waals surface area contributed by atoms with Crippen molar-refractivity contribution in [1.29, 1.82) is 0 Å². The van der Waals surface area contributed by atoms with Crippen molar-refractivity contribution in [1.82, 2.24) is 10.6 Å². The molecule has 4 unspecified atom stereocenters. The van der Waals surface area contributed by atoms with Crippen LogP contribution >= 0.6 is 0 Å². The molecule has 3 rings (SSSR count). The first-order valence-corrected chi connectivity index (χ1v) is 8.32. The summed E-state index contributed by atoms with van der Waals surface area (Å²) < 4.78 is 0. The summed E-state index contributed by atoms with van der Waals surface area (Å²) in [6, 6.07) is 8.68. The zero-order valence-corrected chi connectivity index (χ0v) is 13.4. The molecular formula is C18H26N2O2. The third-order valence-electron chi connectivity index (χ3n) is 5.00. The lowest BCUT2D eigenvalue weighted by Gasteiger charge is -2.14. The zero-order valence-electron chi connectivity index (χ0n) is 13.4. The van der Waals surface area contributed by atoms with E-state index in [1.54, 1.807) is 0 Å². The van der Waals surface area contributed by atoms with E-state index in [1.807, 2.05) is 0 Å². The summed E-state index contributed by atoms with van der Waals surface area (Å²) in [5.41, 5.74) is 2.61. The van der Waals surface area contributed by atoms with Gasteiger partial charge in [0.15, 0.2) is 0 Å². The van der Waals surface area contributed by atoms with E-state index in [9.17, 15) is 9.90 Å². The summed E-state index contributed by atoms with van der Waals surface area (Å²) in [6.45, 7) is 6.37. The molecule has 0 radical (unpaired) electrons. The normalized spacial score (nSPS) is 30.5. The predicted octanol–water partition coefficient (Wildman–Crippen LogP) is 1.61. The van der Waals surface area contributed by atoms with Crippen LogP contribution in [0.1, 0.15) is 43.2 Å². The number of carbonyl (C=O) groups excluding carboxylic acids is 1. The maximum atomic E-state index is 12.2. The van der Waals surface area contributed by atoms with Crippen molar-refractivity contribution in [3.63, 3.8) is 0 Å². The third-order valence-corrected chi connectivity index (χ3v) is 5.00. The molecule has 120 valence electrons. The van der Waals surface area contributed by atoms with Gasteiger partial charge in [0.25, 0.3) is 0 Å². The first kappa shape index (κ1) is 15.5. The number of rotatable bonds is 5. The van der Waals surface area contributed by atoms with Gasteiger partial charge in [-0.3, -0.25) is 4.79 Å². The van der Waals surface area contributed by atoms with E-state index in [1.165, 1.54) is 11.1 Å². The molecule has 22 heavy (non-hydrogen) atoms. The molecule has 4 nitrogen and oxygen atoms in total. The molecular weight excluding hydrogens is 276 g/mol. The number of aliphatic hydroxyl groups is 1. The highest BCUT2D eigenvalue weighted by Gasteiger charge is 2.44. The predicted molar refractivity (Wildman–Crippen MR) is 86.8 cm³/mol. The van der Waals surface area contributed by atoms with Crippen molar-refractivity contribution in [3.8, 4) is 0 Å². The molecule has 0 aromatic heterocycles. The van der Waals surface area contributed by atoms with Crippen molar-refractivity contribution >= 4 is 5.91 Å². The molecule has 0 bridgehead atoms. The maximum Gasteiger partial charge on any atom is 0.223 e. The summed E-state index contributed by atoms with van der Waals surface area (Å²) in [5.74, 6) is 1.30. The summed E-state index contributed by atoms with van der Waals surface area (Å²) in [5, 5.41) is 15.9. The van der Waals surface area contributed by atoms with Crippen LogP contribution in [0.25, 0.3) is 0 Å². The number of nitrogens with one attached hydrogen (secondary N) is 2. The summed E-state index contributed by atoms with van der Waals surface area (Å²) >= 11 is 0. The van der Waals surface area contributed by atoms with Gasteiger partial charge in [0, 0.05) is 31.5 Å². The average Bonchev–Trinajstić information content (AvgIpc) is 3.21. The van der Waals surface area contributed by atoms with E-state index in [2.05, 4.69) is 48.7 Å². The fourth-order valence-corrected chi connectivity index (χ4v) is 3.27. The molecule has 1 amide bonds. The van der Waals surface area contributed by atoms with Crippen LogP contribution in [0.2, 0.25) is 0 Å². The van der Waals surface area contributed by atoms with E-state index >= 15 is 0 Å². The van der Waals surface area contributed by atoms with Gasteiger partial charge in [0.1, 0.15) is 0 Å². The van der Waals surface area contributed by atoms with E-state index in [0.29, 0.717) is 24.9 Å². The van der Waals surface area contributed by atoms with Crippen molar-refractivity contribution in [3.05, 3.63) is 35.4 Å². The number of carbonyl (C=O) groups is 1. The Morgan fingerprint density at radius 1 is 1.32 bits per heavy atom.